The first-order chi connectivity index (χ1) is 6.72. The average molecular weight is 259 g/mol. The maximum atomic E-state index is 4.12. The molecule has 0 fully saturated rings. The summed E-state index contributed by atoms with van der Waals surface area (Å²) in [6.07, 6.45) is 3.47. The summed E-state index contributed by atoms with van der Waals surface area (Å²) in [6, 6.07) is 0. The fourth-order valence-electron chi connectivity index (χ4n) is 1.09. The Hall–Kier alpha value is -0.680. The number of hydrogen-bond acceptors (Lipinski definition) is 4. The SMILES string of the molecule is CNCC(C)CNc1ncc(Br)cn1. The van der Waals surface area contributed by atoms with E-state index in [2.05, 4.69) is 43.5 Å². The molecule has 14 heavy (non-hydrogen) atoms. The number of nitrogens with zero attached hydrogens (tertiary/aromatic N) is 2. The number of nitrogens with one attached hydrogen (secondary N) is 2. The van der Waals surface area contributed by atoms with Gasteiger partial charge >= 0.3 is 0 Å². The summed E-state index contributed by atoms with van der Waals surface area (Å²) in [5.41, 5.74) is 0. The molecule has 0 aliphatic carbocycles. The predicted octanol–water partition coefficient (Wildman–Crippen LogP) is 1.51. The summed E-state index contributed by atoms with van der Waals surface area (Å²) in [7, 11) is 1.95. The van der Waals surface area contributed by atoms with Crippen LogP contribution < -0.4 is 10.6 Å². The van der Waals surface area contributed by atoms with E-state index in [-0.39, 0.29) is 0 Å². The molecule has 1 rings (SSSR count). The number of anilines is 1. The molecule has 1 atom stereocenters. The van der Waals surface area contributed by atoms with Gasteiger partial charge in [-0.3, -0.25) is 0 Å². The van der Waals surface area contributed by atoms with Crippen LogP contribution in [0.1, 0.15) is 6.92 Å². The maximum Gasteiger partial charge on any atom is 0.222 e. The van der Waals surface area contributed by atoms with E-state index >= 15 is 0 Å². The summed E-state index contributed by atoms with van der Waals surface area (Å²) in [4.78, 5) is 8.24. The molecule has 0 radical (unpaired) electrons. The van der Waals surface area contributed by atoms with E-state index in [9.17, 15) is 0 Å². The third-order valence-corrected chi connectivity index (χ3v) is 2.19. The molecule has 1 heterocycles. The fourth-order valence-corrected chi connectivity index (χ4v) is 1.29. The normalized spacial score (nSPS) is 12.5. The van der Waals surface area contributed by atoms with Gasteiger partial charge in [0.2, 0.25) is 5.95 Å². The van der Waals surface area contributed by atoms with Crippen LogP contribution in [0.4, 0.5) is 5.95 Å². The molecule has 0 saturated heterocycles. The summed E-state index contributed by atoms with van der Waals surface area (Å²) in [5, 5.41) is 6.30. The molecule has 1 aromatic heterocycles. The van der Waals surface area contributed by atoms with Gasteiger partial charge in [0.05, 0.1) is 4.47 Å². The number of halogens is 1. The van der Waals surface area contributed by atoms with Crippen LogP contribution in [0.25, 0.3) is 0 Å². The number of aromatic nitrogens is 2. The van der Waals surface area contributed by atoms with Crippen molar-refractivity contribution >= 4 is 21.9 Å². The zero-order valence-corrected chi connectivity index (χ0v) is 10.0. The highest BCUT2D eigenvalue weighted by Crippen LogP contribution is 2.07. The zero-order valence-electron chi connectivity index (χ0n) is 8.42. The zero-order chi connectivity index (χ0) is 10.4. The highest BCUT2D eigenvalue weighted by Gasteiger charge is 2.01. The van der Waals surface area contributed by atoms with Crippen LogP contribution in [0, 0.1) is 5.92 Å². The van der Waals surface area contributed by atoms with Gasteiger partial charge in [0.1, 0.15) is 0 Å². The second-order valence-electron chi connectivity index (χ2n) is 3.27. The van der Waals surface area contributed by atoms with Crippen molar-refractivity contribution in [2.45, 2.75) is 6.92 Å². The van der Waals surface area contributed by atoms with Crippen molar-refractivity contribution in [3.63, 3.8) is 0 Å². The van der Waals surface area contributed by atoms with Crippen LogP contribution in [0.15, 0.2) is 16.9 Å². The van der Waals surface area contributed by atoms with E-state index < -0.39 is 0 Å². The van der Waals surface area contributed by atoms with Crippen molar-refractivity contribution in [1.29, 1.82) is 0 Å². The lowest BCUT2D eigenvalue weighted by Gasteiger charge is -2.11. The minimum absolute atomic E-state index is 0.562. The molecule has 0 aliphatic rings. The van der Waals surface area contributed by atoms with E-state index in [1.54, 1.807) is 12.4 Å². The van der Waals surface area contributed by atoms with Crippen molar-refractivity contribution < 1.29 is 0 Å². The van der Waals surface area contributed by atoms with Crippen molar-refractivity contribution in [3.05, 3.63) is 16.9 Å². The fraction of sp³-hybridized carbons (Fsp3) is 0.556. The maximum absolute atomic E-state index is 4.12. The molecular formula is C9H15BrN4. The molecule has 1 aromatic rings. The highest BCUT2D eigenvalue weighted by atomic mass is 79.9. The molecule has 78 valence electrons. The lowest BCUT2D eigenvalue weighted by atomic mass is 10.2. The Balaban J connectivity index is 2.34. The molecule has 0 saturated carbocycles. The summed E-state index contributed by atoms with van der Waals surface area (Å²) >= 11 is 3.29. The molecule has 1 unspecified atom stereocenters. The summed E-state index contributed by atoms with van der Waals surface area (Å²) in [5.74, 6) is 1.24. The first kappa shape index (κ1) is 11.4. The van der Waals surface area contributed by atoms with Crippen LogP contribution >= 0.6 is 15.9 Å². The van der Waals surface area contributed by atoms with Crippen LogP contribution in [-0.4, -0.2) is 30.1 Å². The van der Waals surface area contributed by atoms with E-state index in [0.717, 1.165) is 17.6 Å². The Morgan fingerprint density at radius 3 is 2.57 bits per heavy atom. The molecule has 5 heteroatoms. The van der Waals surface area contributed by atoms with Crippen molar-refractivity contribution in [2.24, 2.45) is 5.92 Å². The van der Waals surface area contributed by atoms with Gasteiger partial charge in [0.15, 0.2) is 0 Å². The van der Waals surface area contributed by atoms with Gasteiger partial charge < -0.3 is 10.6 Å². The quantitative estimate of drug-likeness (QED) is 0.841. The second-order valence-corrected chi connectivity index (χ2v) is 4.18. The summed E-state index contributed by atoms with van der Waals surface area (Å²) < 4.78 is 0.895. The van der Waals surface area contributed by atoms with Crippen LogP contribution in [0.5, 0.6) is 0 Å². The minimum Gasteiger partial charge on any atom is -0.354 e. The third kappa shape index (κ3) is 4.02. The molecular weight excluding hydrogens is 244 g/mol. The van der Waals surface area contributed by atoms with Gasteiger partial charge in [-0.15, -0.1) is 0 Å². The van der Waals surface area contributed by atoms with E-state index in [1.807, 2.05) is 7.05 Å². The van der Waals surface area contributed by atoms with Gasteiger partial charge in [0.25, 0.3) is 0 Å². The minimum atomic E-state index is 0.562. The van der Waals surface area contributed by atoms with Crippen molar-refractivity contribution in [3.8, 4) is 0 Å². The topological polar surface area (TPSA) is 49.8 Å². The lowest BCUT2D eigenvalue weighted by Crippen LogP contribution is -2.23. The van der Waals surface area contributed by atoms with Crippen LogP contribution in [0.3, 0.4) is 0 Å². The highest BCUT2D eigenvalue weighted by molar-refractivity contribution is 9.10. The van der Waals surface area contributed by atoms with Gasteiger partial charge in [-0.25, -0.2) is 9.97 Å². The molecule has 2 N–H and O–H groups in total. The third-order valence-electron chi connectivity index (χ3n) is 1.78. The van der Waals surface area contributed by atoms with Crippen LogP contribution in [0.2, 0.25) is 0 Å². The Bertz CT molecular complexity index is 262. The number of hydrogen-bond donors (Lipinski definition) is 2. The second kappa shape index (κ2) is 5.93. The lowest BCUT2D eigenvalue weighted by molar-refractivity contribution is 0.568. The predicted molar refractivity (Wildman–Crippen MR) is 61.3 cm³/mol. The molecule has 0 spiro atoms. The molecule has 0 bridgehead atoms. The van der Waals surface area contributed by atoms with Gasteiger partial charge in [-0.05, 0) is 35.4 Å². The van der Waals surface area contributed by atoms with Crippen molar-refractivity contribution in [1.82, 2.24) is 15.3 Å². The first-order valence-electron chi connectivity index (χ1n) is 4.58. The molecule has 4 nitrogen and oxygen atoms in total. The van der Waals surface area contributed by atoms with E-state index in [0.29, 0.717) is 11.9 Å². The molecule has 0 amide bonds. The van der Waals surface area contributed by atoms with Crippen molar-refractivity contribution in [2.75, 3.05) is 25.5 Å². The van der Waals surface area contributed by atoms with Crippen LogP contribution in [-0.2, 0) is 0 Å². The summed E-state index contributed by atoms with van der Waals surface area (Å²) in [6.45, 7) is 4.04. The number of rotatable bonds is 5. The van der Waals surface area contributed by atoms with Gasteiger partial charge in [-0.1, -0.05) is 6.92 Å². The smallest absolute Gasteiger partial charge is 0.222 e. The largest absolute Gasteiger partial charge is 0.354 e. The molecule has 0 aliphatic heterocycles. The standard InChI is InChI=1S/C9H15BrN4/c1-7(3-11-2)4-12-9-13-5-8(10)6-14-9/h5-7,11H,3-4H2,1-2H3,(H,12,13,14). The van der Waals surface area contributed by atoms with E-state index in [4.69, 9.17) is 0 Å². The Morgan fingerprint density at radius 2 is 2.00 bits per heavy atom. The van der Waals surface area contributed by atoms with E-state index in [1.165, 1.54) is 0 Å². The monoisotopic (exact) mass is 258 g/mol. The Kier molecular flexibility index (Phi) is 4.82. The Labute approximate surface area is 92.7 Å². The molecule has 0 aromatic carbocycles. The average Bonchev–Trinajstić information content (AvgIpc) is 2.17. The van der Waals surface area contributed by atoms with Gasteiger partial charge in [-0.2, -0.15) is 0 Å². The Morgan fingerprint density at radius 1 is 1.36 bits per heavy atom. The van der Waals surface area contributed by atoms with Gasteiger partial charge in [0, 0.05) is 18.9 Å². The first-order valence-corrected chi connectivity index (χ1v) is 5.37.